The molecule has 0 saturated carbocycles. The van der Waals surface area contributed by atoms with Gasteiger partial charge in [0.25, 0.3) is 0 Å². The number of nitrogens with zero attached hydrogens (tertiary/aromatic N) is 4. The quantitative estimate of drug-likeness (QED) is 0.830. The van der Waals surface area contributed by atoms with Crippen LogP contribution in [0.3, 0.4) is 0 Å². The van der Waals surface area contributed by atoms with Crippen LogP contribution in [0.15, 0.2) is 12.4 Å². The smallest absolute Gasteiger partial charge is 0.147 e. The minimum atomic E-state index is 0.462. The Morgan fingerprint density at radius 1 is 1.17 bits per heavy atom. The van der Waals surface area contributed by atoms with Crippen molar-refractivity contribution in [2.75, 3.05) is 31.1 Å². The van der Waals surface area contributed by atoms with Gasteiger partial charge in [-0.05, 0) is 25.8 Å². The predicted octanol–water partition coefficient (Wildman–Crippen LogP) is 0.610. The van der Waals surface area contributed by atoms with Gasteiger partial charge >= 0.3 is 0 Å². The minimum Gasteiger partial charge on any atom is -0.354 e. The van der Waals surface area contributed by atoms with Crippen LogP contribution >= 0.6 is 0 Å². The zero-order valence-corrected chi connectivity index (χ0v) is 10.8. The molecule has 2 N–H and O–H groups in total. The van der Waals surface area contributed by atoms with Crippen molar-refractivity contribution in [3.8, 4) is 0 Å². The van der Waals surface area contributed by atoms with Crippen molar-refractivity contribution >= 4 is 5.82 Å². The molecule has 2 aliphatic heterocycles. The third-order valence-corrected chi connectivity index (χ3v) is 4.03. The number of fused-ring (bicyclic) bond motifs is 1. The Hall–Kier alpha value is -1.20. The number of nitrogens with two attached hydrogens (primary N) is 1. The maximum absolute atomic E-state index is 5.55. The first-order chi connectivity index (χ1) is 8.86. The zero-order valence-electron chi connectivity index (χ0n) is 10.8. The van der Waals surface area contributed by atoms with Gasteiger partial charge in [0.2, 0.25) is 0 Å². The summed E-state index contributed by atoms with van der Waals surface area (Å²) in [5.74, 6) is 1.00. The van der Waals surface area contributed by atoms with Gasteiger partial charge in [-0.3, -0.25) is 9.88 Å². The maximum Gasteiger partial charge on any atom is 0.147 e. The summed E-state index contributed by atoms with van der Waals surface area (Å²) in [6.07, 6.45) is 7.55. The molecule has 2 saturated heterocycles. The normalized spacial score (nSPS) is 24.9. The Kier molecular flexibility index (Phi) is 3.43. The van der Waals surface area contributed by atoms with Gasteiger partial charge in [-0.15, -0.1) is 0 Å². The Bertz CT molecular complexity index is 391. The summed E-state index contributed by atoms with van der Waals surface area (Å²) in [5, 5.41) is 0. The summed E-state index contributed by atoms with van der Waals surface area (Å²) in [5.41, 5.74) is 6.41. The zero-order chi connectivity index (χ0) is 12.4. The molecule has 0 aromatic carbocycles. The first-order valence-corrected chi connectivity index (χ1v) is 6.87. The van der Waals surface area contributed by atoms with Crippen molar-refractivity contribution < 1.29 is 0 Å². The molecule has 1 aromatic heterocycles. The highest BCUT2D eigenvalue weighted by Crippen LogP contribution is 2.23. The van der Waals surface area contributed by atoms with Crippen molar-refractivity contribution in [3.63, 3.8) is 0 Å². The van der Waals surface area contributed by atoms with Gasteiger partial charge in [0.05, 0.1) is 18.1 Å². The topological polar surface area (TPSA) is 58.3 Å². The van der Waals surface area contributed by atoms with Gasteiger partial charge in [-0.2, -0.15) is 0 Å². The van der Waals surface area contributed by atoms with E-state index in [9.17, 15) is 0 Å². The Morgan fingerprint density at radius 2 is 2.06 bits per heavy atom. The van der Waals surface area contributed by atoms with Gasteiger partial charge in [-0.25, -0.2) is 4.98 Å². The molecule has 5 heteroatoms. The van der Waals surface area contributed by atoms with Crippen molar-refractivity contribution in [3.05, 3.63) is 18.1 Å². The molecule has 0 spiro atoms. The molecule has 1 atom stereocenters. The predicted molar refractivity (Wildman–Crippen MR) is 71.3 cm³/mol. The van der Waals surface area contributed by atoms with E-state index in [4.69, 9.17) is 5.73 Å². The molecule has 18 heavy (non-hydrogen) atoms. The number of aromatic nitrogens is 2. The van der Waals surface area contributed by atoms with Crippen LogP contribution in [-0.2, 0) is 6.54 Å². The van der Waals surface area contributed by atoms with E-state index >= 15 is 0 Å². The van der Waals surface area contributed by atoms with Crippen LogP contribution < -0.4 is 10.6 Å². The van der Waals surface area contributed by atoms with Crippen molar-refractivity contribution in [2.45, 2.75) is 31.8 Å². The first kappa shape index (κ1) is 11.9. The highest BCUT2D eigenvalue weighted by molar-refractivity contribution is 5.36. The molecule has 3 rings (SSSR count). The Labute approximate surface area is 108 Å². The summed E-state index contributed by atoms with van der Waals surface area (Å²) >= 11 is 0. The molecule has 0 bridgehead atoms. The van der Waals surface area contributed by atoms with E-state index in [-0.39, 0.29) is 0 Å². The lowest BCUT2D eigenvalue weighted by Crippen LogP contribution is -2.37. The summed E-state index contributed by atoms with van der Waals surface area (Å²) < 4.78 is 0. The molecule has 98 valence electrons. The highest BCUT2D eigenvalue weighted by Gasteiger charge is 2.29. The number of hydrogen-bond acceptors (Lipinski definition) is 5. The second kappa shape index (κ2) is 5.20. The maximum atomic E-state index is 5.55. The molecule has 5 nitrogen and oxygen atoms in total. The molecular formula is C13H21N5. The van der Waals surface area contributed by atoms with Crippen LogP contribution in [0.25, 0.3) is 0 Å². The SMILES string of the molecule is NCc1cnc(N2CCCN3CCCC3C2)cn1. The van der Waals surface area contributed by atoms with E-state index in [1.165, 1.54) is 32.4 Å². The average Bonchev–Trinajstić information content (AvgIpc) is 2.76. The van der Waals surface area contributed by atoms with E-state index in [2.05, 4.69) is 19.8 Å². The van der Waals surface area contributed by atoms with Crippen LogP contribution in [0.4, 0.5) is 5.82 Å². The van der Waals surface area contributed by atoms with Gasteiger partial charge in [0, 0.05) is 32.2 Å². The van der Waals surface area contributed by atoms with E-state index in [1.807, 2.05) is 6.20 Å². The third-order valence-electron chi connectivity index (χ3n) is 4.03. The first-order valence-electron chi connectivity index (χ1n) is 6.87. The third kappa shape index (κ3) is 2.33. The highest BCUT2D eigenvalue weighted by atomic mass is 15.3. The van der Waals surface area contributed by atoms with Gasteiger partial charge < -0.3 is 10.6 Å². The molecule has 0 radical (unpaired) electrons. The second-order valence-corrected chi connectivity index (χ2v) is 5.20. The largest absolute Gasteiger partial charge is 0.354 e. The monoisotopic (exact) mass is 247 g/mol. The number of rotatable bonds is 2. The fourth-order valence-electron chi connectivity index (χ4n) is 3.03. The fourth-order valence-corrected chi connectivity index (χ4v) is 3.03. The van der Waals surface area contributed by atoms with Crippen LogP contribution in [-0.4, -0.2) is 47.1 Å². The molecule has 3 heterocycles. The molecule has 2 aliphatic rings. The van der Waals surface area contributed by atoms with E-state index in [0.29, 0.717) is 12.6 Å². The summed E-state index contributed by atoms with van der Waals surface area (Å²) in [4.78, 5) is 13.8. The molecule has 1 aromatic rings. The number of anilines is 1. The standard InChI is InChI=1S/C13H21N5/c14-7-11-8-16-13(9-15-11)18-6-2-5-17-4-1-3-12(17)10-18/h8-9,12H,1-7,10,14H2. The van der Waals surface area contributed by atoms with Gasteiger partial charge in [-0.1, -0.05) is 0 Å². The van der Waals surface area contributed by atoms with Crippen LogP contribution in [0.2, 0.25) is 0 Å². The molecule has 1 unspecified atom stereocenters. The molecule has 0 amide bonds. The van der Waals surface area contributed by atoms with Gasteiger partial charge in [0.1, 0.15) is 5.82 Å². The van der Waals surface area contributed by atoms with Crippen molar-refractivity contribution in [1.82, 2.24) is 14.9 Å². The summed E-state index contributed by atoms with van der Waals surface area (Å²) in [6, 6.07) is 0.712. The summed E-state index contributed by atoms with van der Waals surface area (Å²) in [7, 11) is 0. The van der Waals surface area contributed by atoms with E-state index in [0.717, 1.165) is 24.6 Å². The number of hydrogen-bond donors (Lipinski definition) is 1. The fraction of sp³-hybridized carbons (Fsp3) is 0.692. The minimum absolute atomic E-state index is 0.462. The second-order valence-electron chi connectivity index (χ2n) is 5.20. The van der Waals surface area contributed by atoms with Crippen molar-refractivity contribution in [2.24, 2.45) is 5.73 Å². The van der Waals surface area contributed by atoms with Crippen LogP contribution in [0.5, 0.6) is 0 Å². The molecule has 2 fully saturated rings. The van der Waals surface area contributed by atoms with E-state index < -0.39 is 0 Å². The summed E-state index contributed by atoms with van der Waals surface area (Å²) in [6.45, 7) is 5.15. The lowest BCUT2D eigenvalue weighted by molar-refractivity contribution is 0.273. The Balaban J connectivity index is 1.74. The van der Waals surface area contributed by atoms with Crippen LogP contribution in [0, 0.1) is 0 Å². The lowest BCUT2D eigenvalue weighted by atomic mass is 10.2. The van der Waals surface area contributed by atoms with Crippen molar-refractivity contribution in [1.29, 1.82) is 0 Å². The van der Waals surface area contributed by atoms with Gasteiger partial charge in [0.15, 0.2) is 0 Å². The van der Waals surface area contributed by atoms with E-state index in [1.54, 1.807) is 6.20 Å². The lowest BCUT2D eigenvalue weighted by Gasteiger charge is -2.26. The Morgan fingerprint density at radius 3 is 2.83 bits per heavy atom. The molecule has 0 aliphatic carbocycles. The molecular weight excluding hydrogens is 226 g/mol. The average molecular weight is 247 g/mol. The van der Waals surface area contributed by atoms with Crippen LogP contribution in [0.1, 0.15) is 25.0 Å².